The predicted octanol–water partition coefficient (Wildman–Crippen LogP) is 1.79. The van der Waals surface area contributed by atoms with Gasteiger partial charge in [0.15, 0.2) is 0 Å². The van der Waals surface area contributed by atoms with Crippen molar-refractivity contribution in [3.8, 4) is 6.07 Å². The number of nitrogens with zero attached hydrogens (tertiary/aromatic N) is 2. The third-order valence-electron chi connectivity index (χ3n) is 1.73. The predicted molar refractivity (Wildman–Crippen MR) is 55.4 cm³/mol. The molecule has 3 heteroatoms. The highest BCUT2D eigenvalue weighted by Gasteiger charge is 2.17. The SMILES string of the molecule is CN(CCC#N)CC(C)(C)CS. The maximum Gasteiger partial charge on any atom is 0.0635 e. The van der Waals surface area contributed by atoms with Crippen molar-refractivity contribution in [3.05, 3.63) is 0 Å². The lowest BCUT2D eigenvalue weighted by molar-refractivity contribution is 0.235. The van der Waals surface area contributed by atoms with Crippen LogP contribution in [-0.2, 0) is 0 Å². The van der Waals surface area contributed by atoms with E-state index in [1.165, 1.54) is 0 Å². The second kappa shape index (κ2) is 5.45. The van der Waals surface area contributed by atoms with Crippen LogP contribution in [0.15, 0.2) is 0 Å². The highest BCUT2D eigenvalue weighted by Crippen LogP contribution is 2.17. The van der Waals surface area contributed by atoms with E-state index >= 15 is 0 Å². The summed E-state index contributed by atoms with van der Waals surface area (Å²) in [6.45, 7) is 6.22. The van der Waals surface area contributed by atoms with E-state index in [-0.39, 0.29) is 5.41 Å². The van der Waals surface area contributed by atoms with Crippen LogP contribution < -0.4 is 0 Å². The summed E-state index contributed by atoms with van der Waals surface area (Å²) in [5.74, 6) is 0.879. The largest absolute Gasteiger partial charge is 0.305 e. The highest BCUT2D eigenvalue weighted by molar-refractivity contribution is 7.80. The van der Waals surface area contributed by atoms with Crippen molar-refractivity contribution >= 4 is 12.6 Å². The van der Waals surface area contributed by atoms with Crippen LogP contribution in [0.5, 0.6) is 0 Å². The first-order valence-electron chi connectivity index (χ1n) is 4.18. The zero-order valence-corrected chi connectivity index (χ0v) is 9.06. The first-order valence-corrected chi connectivity index (χ1v) is 4.81. The van der Waals surface area contributed by atoms with Crippen molar-refractivity contribution in [2.24, 2.45) is 5.41 Å². The standard InChI is InChI=1S/C9H18N2S/c1-9(2,8-12)7-11(3)6-4-5-10/h12H,4,6-8H2,1-3H3. The van der Waals surface area contributed by atoms with Gasteiger partial charge >= 0.3 is 0 Å². The quantitative estimate of drug-likeness (QED) is 0.663. The third-order valence-corrected chi connectivity index (χ3v) is 2.59. The van der Waals surface area contributed by atoms with Crippen LogP contribution in [0.1, 0.15) is 20.3 Å². The van der Waals surface area contributed by atoms with Gasteiger partial charge in [-0.1, -0.05) is 13.8 Å². The molecular formula is C9H18N2S. The topological polar surface area (TPSA) is 27.0 Å². The lowest BCUT2D eigenvalue weighted by atomic mass is 9.96. The van der Waals surface area contributed by atoms with Gasteiger partial charge in [0.1, 0.15) is 0 Å². The van der Waals surface area contributed by atoms with E-state index in [2.05, 4.69) is 37.4 Å². The molecule has 0 rings (SSSR count). The molecule has 0 bridgehead atoms. The van der Waals surface area contributed by atoms with Gasteiger partial charge in [-0.3, -0.25) is 0 Å². The Kier molecular flexibility index (Phi) is 5.36. The monoisotopic (exact) mass is 186 g/mol. The average molecular weight is 186 g/mol. The van der Waals surface area contributed by atoms with Gasteiger partial charge in [-0.05, 0) is 18.2 Å². The molecule has 0 atom stereocenters. The summed E-state index contributed by atoms with van der Waals surface area (Å²) in [7, 11) is 2.04. The maximum atomic E-state index is 8.38. The van der Waals surface area contributed by atoms with E-state index in [1.54, 1.807) is 0 Å². The molecule has 0 aliphatic carbocycles. The fourth-order valence-corrected chi connectivity index (χ4v) is 1.20. The lowest BCUT2D eigenvalue weighted by Crippen LogP contribution is -2.33. The summed E-state index contributed by atoms with van der Waals surface area (Å²) >= 11 is 4.28. The van der Waals surface area contributed by atoms with Crippen molar-refractivity contribution in [2.45, 2.75) is 20.3 Å². The molecule has 0 amide bonds. The molecule has 0 N–H and O–H groups in total. The van der Waals surface area contributed by atoms with E-state index in [1.807, 2.05) is 7.05 Å². The molecule has 0 saturated carbocycles. The Labute approximate surface area is 81.0 Å². The summed E-state index contributed by atoms with van der Waals surface area (Å²) < 4.78 is 0. The number of thiol groups is 1. The zero-order valence-electron chi connectivity index (χ0n) is 8.17. The number of hydrogen-bond donors (Lipinski definition) is 1. The Morgan fingerprint density at radius 2 is 2.08 bits per heavy atom. The van der Waals surface area contributed by atoms with Crippen molar-refractivity contribution in [1.29, 1.82) is 5.26 Å². The van der Waals surface area contributed by atoms with Crippen LogP contribution in [0.25, 0.3) is 0 Å². The number of hydrogen-bond acceptors (Lipinski definition) is 3. The fourth-order valence-electron chi connectivity index (χ4n) is 1.10. The second-order valence-electron chi connectivity index (χ2n) is 3.97. The van der Waals surface area contributed by atoms with E-state index < -0.39 is 0 Å². The van der Waals surface area contributed by atoms with Gasteiger partial charge in [0.2, 0.25) is 0 Å². The Hall–Kier alpha value is -0.200. The van der Waals surface area contributed by atoms with Crippen molar-refractivity contribution in [2.75, 3.05) is 25.9 Å². The van der Waals surface area contributed by atoms with Gasteiger partial charge in [-0.15, -0.1) is 0 Å². The molecule has 0 spiro atoms. The molecule has 0 unspecified atom stereocenters. The van der Waals surface area contributed by atoms with Crippen LogP contribution in [0.2, 0.25) is 0 Å². The summed E-state index contributed by atoms with van der Waals surface area (Å²) in [5, 5.41) is 8.38. The molecule has 70 valence electrons. The molecule has 0 aliphatic heterocycles. The summed E-state index contributed by atoms with van der Waals surface area (Å²) in [6, 6.07) is 2.14. The molecule has 2 nitrogen and oxygen atoms in total. The molecule has 0 saturated heterocycles. The molecule has 0 aromatic rings. The minimum atomic E-state index is 0.243. The Bertz CT molecular complexity index is 160. The Morgan fingerprint density at radius 3 is 2.50 bits per heavy atom. The minimum Gasteiger partial charge on any atom is -0.305 e. The molecule has 0 radical (unpaired) electrons. The van der Waals surface area contributed by atoms with E-state index in [9.17, 15) is 0 Å². The normalized spacial score (nSPS) is 11.7. The molecule has 0 aliphatic rings. The maximum absolute atomic E-state index is 8.38. The van der Waals surface area contributed by atoms with E-state index in [0.29, 0.717) is 6.42 Å². The van der Waals surface area contributed by atoms with Gasteiger partial charge in [0.05, 0.1) is 6.07 Å². The molecule has 0 heterocycles. The average Bonchev–Trinajstić information content (AvgIpc) is 2.00. The first-order chi connectivity index (χ1) is 5.52. The van der Waals surface area contributed by atoms with Crippen LogP contribution in [0, 0.1) is 16.7 Å². The van der Waals surface area contributed by atoms with Crippen LogP contribution in [0.3, 0.4) is 0 Å². The number of rotatable bonds is 5. The second-order valence-corrected chi connectivity index (χ2v) is 4.28. The molecular weight excluding hydrogens is 168 g/mol. The molecule has 0 aromatic heterocycles. The smallest absolute Gasteiger partial charge is 0.0635 e. The Morgan fingerprint density at radius 1 is 1.50 bits per heavy atom. The van der Waals surface area contributed by atoms with Crippen LogP contribution in [-0.4, -0.2) is 30.8 Å². The minimum absolute atomic E-state index is 0.243. The van der Waals surface area contributed by atoms with Crippen LogP contribution in [0.4, 0.5) is 0 Å². The van der Waals surface area contributed by atoms with Gasteiger partial charge in [0, 0.05) is 19.5 Å². The fraction of sp³-hybridized carbons (Fsp3) is 0.889. The van der Waals surface area contributed by atoms with Gasteiger partial charge in [-0.2, -0.15) is 17.9 Å². The Balaban J connectivity index is 3.69. The lowest BCUT2D eigenvalue weighted by Gasteiger charge is -2.28. The summed E-state index contributed by atoms with van der Waals surface area (Å²) in [4.78, 5) is 2.18. The highest BCUT2D eigenvalue weighted by atomic mass is 32.1. The van der Waals surface area contributed by atoms with Gasteiger partial charge < -0.3 is 4.90 Å². The van der Waals surface area contributed by atoms with E-state index in [4.69, 9.17) is 5.26 Å². The zero-order chi connectivity index (χ0) is 9.61. The van der Waals surface area contributed by atoms with Crippen molar-refractivity contribution < 1.29 is 0 Å². The summed E-state index contributed by atoms with van der Waals surface area (Å²) in [6.07, 6.45) is 0.610. The summed E-state index contributed by atoms with van der Waals surface area (Å²) in [5.41, 5.74) is 0.243. The molecule has 0 aromatic carbocycles. The molecule has 0 fully saturated rings. The van der Waals surface area contributed by atoms with E-state index in [0.717, 1.165) is 18.8 Å². The first kappa shape index (κ1) is 11.8. The third kappa shape index (κ3) is 5.45. The van der Waals surface area contributed by atoms with Gasteiger partial charge in [-0.25, -0.2) is 0 Å². The number of nitriles is 1. The van der Waals surface area contributed by atoms with Crippen molar-refractivity contribution in [3.63, 3.8) is 0 Å². The van der Waals surface area contributed by atoms with Crippen LogP contribution >= 0.6 is 12.6 Å². The van der Waals surface area contributed by atoms with Crippen molar-refractivity contribution in [1.82, 2.24) is 4.90 Å². The molecule has 12 heavy (non-hydrogen) atoms. The van der Waals surface area contributed by atoms with Gasteiger partial charge in [0.25, 0.3) is 0 Å².